The third kappa shape index (κ3) is 7.86. The van der Waals surface area contributed by atoms with E-state index in [0.717, 1.165) is 57.3 Å². The van der Waals surface area contributed by atoms with E-state index in [9.17, 15) is 13.2 Å². The van der Waals surface area contributed by atoms with Crippen molar-refractivity contribution in [3.05, 3.63) is 42.5 Å². The van der Waals surface area contributed by atoms with E-state index in [1.165, 1.54) is 32.1 Å². The highest BCUT2D eigenvalue weighted by molar-refractivity contribution is 7.87. The number of nitrogens with one attached hydrogen (secondary N) is 5. The number of benzene rings is 2. The van der Waals surface area contributed by atoms with E-state index in [-0.39, 0.29) is 22.6 Å². The first-order chi connectivity index (χ1) is 19.4. The summed E-state index contributed by atoms with van der Waals surface area (Å²) in [5.41, 5.74) is 2.00. The van der Waals surface area contributed by atoms with Gasteiger partial charge in [-0.25, -0.2) is 9.78 Å². The number of likely N-dealkylation sites (tertiary alicyclic amines) is 1. The molecule has 3 aromatic rings. The molecule has 2 aromatic carbocycles. The zero-order valence-corrected chi connectivity index (χ0v) is 23.6. The smallest absolute Gasteiger partial charge is 0.339 e. The summed E-state index contributed by atoms with van der Waals surface area (Å²) >= 11 is 0. The lowest BCUT2D eigenvalue weighted by Crippen LogP contribution is -2.39. The van der Waals surface area contributed by atoms with Gasteiger partial charge in [0.25, 0.3) is 0 Å². The third-order valence-electron chi connectivity index (χ3n) is 7.54. The number of carbonyl (C=O) groups excluding carboxylic acids is 1. The van der Waals surface area contributed by atoms with Crippen molar-refractivity contribution in [1.29, 1.82) is 0 Å². The van der Waals surface area contributed by atoms with Gasteiger partial charge in [0, 0.05) is 31.4 Å². The number of anilines is 2. The monoisotopic (exact) mass is 569 g/mol. The van der Waals surface area contributed by atoms with Crippen LogP contribution in [0.25, 0.3) is 11.0 Å². The number of imidazole rings is 1. The van der Waals surface area contributed by atoms with Crippen molar-refractivity contribution in [2.24, 2.45) is 5.92 Å². The molecular weight excluding hydrogens is 530 g/mol. The molecule has 2 fully saturated rings. The summed E-state index contributed by atoms with van der Waals surface area (Å²) in [5, 5.41) is 12.3. The van der Waals surface area contributed by atoms with E-state index in [1.807, 2.05) is 0 Å². The van der Waals surface area contributed by atoms with Gasteiger partial charge in [-0.1, -0.05) is 6.42 Å². The van der Waals surface area contributed by atoms with Crippen molar-refractivity contribution in [1.82, 2.24) is 25.5 Å². The maximum atomic E-state index is 12.9. The van der Waals surface area contributed by atoms with Gasteiger partial charge in [-0.2, -0.15) is 8.42 Å². The predicted octanol–water partition coefficient (Wildman–Crippen LogP) is 3.74. The molecule has 0 radical (unpaired) electrons. The second-order valence-corrected chi connectivity index (χ2v) is 12.1. The maximum Gasteiger partial charge on any atom is 0.339 e. The maximum absolute atomic E-state index is 12.9. The highest BCUT2D eigenvalue weighted by atomic mass is 32.2. The Morgan fingerprint density at radius 3 is 2.58 bits per heavy atom. The number of aromatic amines is 1. The largest absolute Gasteiger partial charge is 0.385 e. The zero-order chi connectivity index (χ0) is 27.8. The minimum absolute atomic E-state index is 0.0738. The van der Waals surface area contributed by atoms with E-state index >= 15 is 0 Å². The Morgan fingerprint density at radius 2 is 1.80 bits per heavy atom. The normalized spacial score (nSPS) is 17.0. The minimum Gasteiger partial charge on any atom is -0.385 e. The number of rotatable bonds is 11. The second kappa shape index (κ2) is 13.3. The van der Waals surface area contributed by atoms with Crippen molar-refractivity contribution in [2.45, 2.75) is 43.4 Å². The lowest BCUT2D eigenvalue weighted by molar-refractivity contribution is 0.224. The summed E-state index contributed by atoms with van der Waals surface area (Å²) in [6.07, 6.45) is 7.20. The molecule has 0 saturated carbocycles. The molecule has 12 heteroatoms. The van der Waals surface area contributed by atoms with Gasteiger partial charge in [-0.05, 0) is 101 Å². The first-order valence-electron chi connectivity index (χ1n) is 14.2. The fourth-order valence-electron chi connectivity index (χ4n) is 5.27. The van der Waals surface area contributed by atoms with Crippen LogP contribution >= 0.6 is 0 Å². The molecule has 11 nitrogen and oxygen atoms in total. The van der Waals surface area contributed by atoms with Crippen molar-refractivity contribution in [3.63, 3.8) is 0 Å². The summed E-state index contributed by atoms with van der Waals surface area (Å²) in [6, 6.07) is 11.0. The standard InChI is InChI=1S/C28H39N7O4S/c36-28(31-16-19-35-17-2-1-3-18-35)34-27-32-25-9-6-23(20-26(25)33-27)39-40(37,38)24-7-4-22(5-8-24)30-15-12-21-10-13-29-14-11-21/h4-9,20-21,29-30H,1-3,10-19H2,(H3,31,32,33,34,36). The summed E-state index contributed by atoms with van der Waals surface area (Å²) < 4.78 is 31.2. The quantitative estimate of drug-likeness (QED) is 0.220. The van der Waals surface area contributed by atoms with Crippen LogP contribution in [0.5, 0.6) is 5.75 Å². The van der Waals surface area contributed by atoms with Crippen molar-refractivity contribution < 1.29 is 17.4 Å². The highest BCUT2D eigenvalue weighted by Crippen LogP contribution is 2.25. The van der Waals surface area contributed by atoms with Gasteiger partial charge in [-0.15, -0.1) is 0 Å². The number of hydrogen-bond donors (Lipinski definition) is 5. The Balaban J connectivity index is 1.11. The number of nitrogens with zero attached hydrogens (tertiary/aromatic N) is 2. The summed E-state index contributed by atoms with van der Waals surface area (Å²) in [7, 11) is -4.02. The Kier molecular flexibility index (Phi) is 9.40. The Hall–Kier alpha value is -3.35. The number of amides is 2. The van der Waals surface area contributed by atoms with Crippen LogP contribution in [0.4, 0.5) is 16.4 Å². The first kappa shape index (κ1) is 28.2. The second-order valence-electron chi connectivity index (χ2n) is 10.5. The lowest BCUT2D eigenvalue weighted by Gasteiger charge is -2.26. The molecule has 0 spiro atoms. The molecule has 5 N–H and O–H groups in total. The Bertz CT molecular complexity index is 1370. The Morgan fingerprint density at radius 1 is 1.02 bits per heavy atom. The van der Waals surface area contributed by atoms with Crippen LogP contribution in [0.1, 0.15) is 38.5 Å². The van der Waals surface area contributed by atoms with Gasteiger partial charge in [0.15, 0.2) is 0 Å². The minimum atomic E-state index is -4.02. The van der Waals surface area contributed by atoms with Crippen molar-refractivity contribution in [3.8, 4) is 5.75 Å². The molecule has 40 heavy (non-hydrogen) atoms. The molecule has 3 heterocycles. The molecule has 216 valence electrons. The predicted molar refractivity (Wildman–Crippen MR) is 156 cm³/mol. The van der Waals surface area contributed by atoms with E-state index in [2.05, 4.69) is 36.1 Å². The Labute approximate surface area is 235 Å². The molecule has 1 aromatic heterocycles. The molecule has 2 amide bonds. The molecule has 2 aliphatic heterocycles. The molecular formula is C28H39N7O4S. The fraction of sp³-hybridized carbons (Fsp3) is 0.500. The average Bonchev–Trinajstić information content (AvgIpc) is 3.35. The lowest BCUT2D eigenvalue weighted by atomic mass is 9.95. The highest BCUT2D eigenvalue weighted by Gasteiger charge is 2.18. The summed E-state index contributed by atoms with van der Waals surface area (Å²) in [4.78, 5) is 22.1. The van der Waals surface area contributed by atoms with Gasteiger partial charge < -0.3 is 30.0 Å². The van der Waals surface area contributed by atoms with Crippen LogP contribution in [0.2, 0.25) is 0 Å². The molecule has 0 bridgehead atoms. The van der Waals surface area contributed by atoms with Gasteiger partial charge in [-0.3, -0.25) is 5.32 Å². The number of fused-ring (bicyclic) bond motifs is 1. The number of hydrogen-bond acceptors (Lipinski definition) is 8. The van der Waals surface area contributed by atoms with Gasteiger partial charge in [0.1, 0.15) is 10.6 Å². The topological polar surface area (TPSA) is 140 Å². The average molecular weight is 570 g/mol. The van der Waals surface area contributed by atoms with Crippen LogP contribution in [-0.4, -0.2) is 75.1 Å². The van der Waals surface area contributed by atoms with Crippen LogP contribution in [0, 0.1) is 5.92 Å². The van der Waals surface area contributed by atoms with E-state index in [1.54, 1.807) is 42.5 Å². The molecule has 2 saturated heterocycles. The van der Waals surface area contributed by atoms with Crippen molar-refractivity contribution >= 4 is 38.8 Å². The van der Waals surface area contributed by atoms with Gasteiger partial charge in [0.2, 0.25) is 5.95 Å². The molecule has 0 unspecified atom stereocenters. The van der Waals surface area contributed by atoms with Crippen LogP contribution in [0.3, 0.4) is 0 Å². The van der Waals surface area contributed by atoms with E-state index in [4.69, 9.17) is 4.18 Å². The van der Waals surface area contributed by atoms with Crippen LogP contribution in [0.15, 0.2) is 47.4 Å². The zero-order valence-electron chi connectivity index (χ0n) is 22.7. The van der Waals surface area contributed by atoms with E-state index < -0.39 is 10.1 Å². The number of piperidine rings is 2. The van der Waals surface area contributed by atoms with Gasteiger partial charge >= 0.3 is 16.1 Å². The fourth-order valence-corrected chi connectivity index (χ4v) is 6.19. The molecule has 0 aliphatic carbocycles. The molecule has 0 atom stereocenters. The first-order valence-corrected chi connectivity index (χ1v) is 15.6. The molecule has 2 aliphatic rings. The summed E-state index contributed by atoms with van der Waals surface area (Å²) in [6.45, 7) is 6.55. The SMILES string of the molecule is O=C(NCCN1CCCCC1)Nc1nc2ccc(OS(=O)(=O)c3ccc(NCCC4CCNCC4)cc3)cc2[nH]1. The number of carbonyl (C=O) groups is 1. The van der Waals surface area contributed by atoms with Gasteiger partial charge in [0.05, 0.1) is 11.0 Å². The number of urea groups is 1. The van der Waals surface area contributed by atoms with Crippen molar-refractivity contribution in [2.75, 3.05) is 56.4 Å². The van der Waals surface area contributed by atoms with Crippen LogP contribution < -0.4 is 25.5 Å². The molecule has 5 rings (SSSR count). The van der Waals surface area contributed by atoms with Crippen LogP contribution in [-0.2, 0) is 10.1 Å². The summed E-state index contributed by atoms with van der Waals surface area (Å²) in [5.74, 6) is 1.15. The van der Waals surface area contributed by atoms with E-state index in [0.29, 0.717) is 17.6 Å². The number of H-pyrrole nitrogens is 1. The third-order valence-corrected chi connectivity index (χ3v) is 8.80. The number of aromatic nitrogens is 2.